The first-order valence-electron chi connectivity index (χ1n) is 19.3. The average molecular weight is 751 g/mol. The summed E-state index contributed by atoms with van der Waals surface area (Å²) in [6.45, 7) is 0. The smallest absolute Gasteiger partial charge is 0.135 e. The zero-order valence-electron chi connectivity index (χ0n) is 30.7. The lowest BCUT2D eigenvalue weighted by molar-refractivity contribution is 0.409. The molecule has 57 heavy (non-hydrogen) atoms. The van der Waals surface area contributed by atoms with Crippen LogP contribution in [-0.2, 0) is 0 Å². The maximum Gasteiger partial charge on any atom is 0.135 e. The molecule has 8 aromatic carbocycles. The van der Waals surface area contributed by atoms with Crippen LogP contribution in [-0.4, -0.2) is 10.4 Å². The number of benzene rings is 8. The number of para-hydroxylation sites is 2. The van der Waals surface area contributed by atoms with Crippen LogP contribution in [0.4, 0.5) is 0 Å². The molecule has 0 bridgehead atoms. The Morgan fingerprint density at radius 2 is 1.25 bits per heavy atom. The first-order chi connectivity index (χ1) is 28.2. The van der Waals surface area contributed by atoms with Crippen molar-refractivity contribution in [3.05, 3.63) is 199 Å². The topological polar surface area (TPSA) is 54.5 Å². The van der Waals surface area contributed by atoms with Crippen LogP contribution in [0.5, 0.6) is 0 Å². The van der Waals surface area contributed by atoms with Crippen molar-refractivity contribution in [3.8, 4) is 16.8 Å². The minimum Gasteiger partial charge on any atom is -0.456 e. The van der Waals surface area contributed by atoms with Gasteiger partial charge in [-0.1, -0.05) is 133 Å². The molecule has 2 N–H and O–H groups in total. The second-order valence-electron chi connectivity index (χ2n) is 14.8. The fraction of sp³-hybridized carbons (Fsp3) is 0.0392. The number of aromatic nitrogens is 1. The number of hydrogen-bond donors (Lipinski definition) is 2. The number of rotatable bonds is 5. The van der Waals surface area contributed by atoms with Gasteiger partial charge in [0.2, 0.25) is 0 Å². The summed E-state index contributed by atoms with van der Waals surface area (Å²) in [5, 5.41) is 14.6. The van der Waals surface area contributed by atoms with E-state index in [0.717, 1.165) is 44.5 Å². The van der Waals surface area contributed by atoms with Gasteiger partial charge in [0.15, 0.2) is 0 Å². The van der Waals surface area contributed by atoms with Crippen molar-refractivity contribution in [2.24, 2.45) is 4.99 Å². The molecule has 5 nitrogen and oxygen atoms in total. The van der Waals surface area contributed by atoms with Crippen molar-refractivity contribution in [2.45, 2.75) is 12.3 Å². The lowest BCUT2D eigenvalue weighted by atomic mass is 10.00. The first kappa shape index (κ1) is 32.3. The van der Waals surface area contributed by atoms with E-state index < -0.39 is 0 Å². The predicted octanol–water partition coefficient (Wildman–Crippen LogP) is 13.1. The second-order valence-corrected chi connectivity index (χ2v) is 15.9. The predicted molar refractivity (Wildman–Crippen MR) is 238 cm³/mol. The summed E-state index contributed by atoms with van der Waals surface area (Å²) in [6.07, 6.45) is -0.365. The number of thiophene rings is 1. The molecule has 2 unspecified atom stereocenters. The molecular weight excluding hydrogens is 717 g/mol. The molecule has 11 aromatic rings. The monoisotopic (exact) mass is 750 g/mol. The summed E-state index contributed by atoms with van der Waals surface area (Å²) >= 11 is 1.86. The summed E-state index contributed by atoms with van der Waals surface area (Å²) in [5.41, 5.74) is 11.0. The van der Waals surface area contributed by atoms with Crippen molar-refractivity contribution in [2.75, 3.05) is 0 Å². The lowest BCUT2D eigenvalue weighted by Crippen LogP contribution is -2.44. The van der Waals surface area contributed by atoms with Gasteiger partial charge in [-0.2, -0.15) is 0 Å². The zero-order chi connectivity index (χ0) is 37.5. The van der Waals surface area contributed by atoms with Crippen molar-refractivity contribution in [3.63, 3.8) is 0 Å². The van der Waals surface area contributed by atoms with Crippen LogP contribution in [0.2, 0.25) is 0 Å². The number of nitrogens with zero attached hydrogens (tertiary/aromatic N) is 2. The zero-order valence-corrected chi connectivity index (χ0v) is 31.5. The largest absolute Gasteiger partial charge is 0.456 e. The molecule has 0 radical (unpaired) electrons. The third-order valence-corrected chi connectivity index (χ3v) is 12.7. The molecule has 270 valence electrons. The van der Waals surface area contributed by atoms with Crippen molar-refractivity contribution >= 4 is 81.1 Å². The van der Waals surface area contributed by atoms with Gasteiger partial charge in [0.05, 0.1) is 11.0 Å². The maximum atomic E-state index is 6.55. The molecule has 0 saturated carbocycles. The van der Waals surface area contributed by atoms with Crippen molar-refractivity contribution in [1.29, 1.82) is 0 Å². The van der Waals surface area contributed by atoms with Crippen LogP contribution in [0.3, 0.4) is 0 Å². The minimum absolute atomic E-state index is 0.102. The van der Waals surface area contributed by atoms with E-state index in [-0.39, 0.29) is 12.3 Å². The average Bonchev–Trinajstić information content (AvgIpc) is 3.95. The van der Waals surface area contributed by atoms with Crippen LogP contribution in [0, 0.1) is 0 Å². The van der Waals surface area contributed by atoms with Crippen LogP contribution in [0.15, 0.2) is 191 Å². The fourth-order valence-electron chi connectivity index (χ4n) is 8.77. The highest BCUT2D eigenvalue weighted by atomic mass is 32.1. The van der Waals surface area contributed by atoms with E-state index in [1.807, 2.05) is 35.6 Å². The van der Waals surface area contributed by atoms with E-state index in [9.17, 15) is 0 Å². The van der Waals surface area contributed by atoms with E-state index in [0.29, 0.717) is 0 Å². The van der Waals surface area contributed by atoms with Gasteiger partial charge in [-0.05, 0) is 70.8 Å². The third-order valence-electron chi connectivity index (χ3n) is 11.5. The normalized spacial score (nSPS) is 15.9. The maximum absolute atomic E-state index is 6.55. The molecule has 0 fully saturated rings. The summed E-state index contributed by atoms with van der Waals surface area (Å²) in [7, 11) is 0. The number of hydrogen-bond acceptors (Lipinski definition) is 5. The van der Waals surface area contributed by atoms with Crippen molar-refractivity contribution < 1.29 is 4.42 Å². The quantitative estimate of drug-likeness (QED) is 0.184. The standard InChI is InChI=1S/C51H34N4OS/c1-3-12-31(13-4-1)49-52-50(32-14-5-2-6-15-32)54-51(53-49)34-22-25-39-41-28-33(23-26-45(41)56-46(39)29-34)36-18-11-19-40-42-30-35(24-27-47(42)57-48(36)40)55-43-20-9-7-16-37(43)38-17-8-10-21-44(38)55/h1-30,49,51,53H,(H,52,54). The lowest BCUT2D eigenvalue weighted by Gasteiger charge is -2.32. The van der Waals surface area contributed by atoms with Gasteiger partial charge in [-0.3, -0.25) is 5.32 Å². The van der Waals surface area contributed by atoms with Crippen LogP contribution < -0.4 is 10.6 Å². The molecule has 0 saturated heterocycles. The molecule has 12 rings (SSSR count). The van der Waals surface area contributed by atoms with Crippen LogP contribution in [0.25, 0.3) is 80.7 Å². The summed E-state index contributed by atoms with van der Waals surface area (Å²) in [6, 6.07) is 65.0. The van der Waals surface area contributed by atoms with Gasteiger partial charge in [-0.25, -0.2) is 4.99 Å². The molecule has 6 heteroatoms. The Balaban J connectivity index is 0.933. The minimum atomic E-state index is -0.263. The fourth-order valence-corrected chi connectivity index (χ4v) is 9.99. The molecule has 2 atom stereocenters. The Morgan fingerprint density at radius 1 is 0.509 bits per heavy atom. The van der Waals surface area contributed by atoms with Gasteiger partial charge in [0.1, 0.15) is 29.3 Å². The van der Waals surface area contributed by atoms with E-state index >= 15 is 0 Å². The van der Waals surface area contributed by atoms with Gasteiger partial charge in [0.25, 0.3) is 0 Å². The Bertz CT molecular complexity index is 3320. The molecular formula is C51H34N4OS. The van der Waals surface area contributed by atoms with Gasteiger partial charge >= 0.3 is 0 Å². The van der Waals surface area contributed by atoms with Gasteiger partial charge < -0.3 is 14.3 Å². The number of aliphatic imine (C=N–C) groups is 1. The molecule has 1 aliphatic heterocycles. The Hall–Kier alpha value is -6.99. The van der Waals surface area contributed by atoms with Crippen LogP contribution >= 0.6 is 11.3 Å². The van der Waals surface area contributed by atoms with Gasteiger partial charge in [-0.15, -0.1) is 11.3 Å². The molecule has 0 spiro atoms. The molecule has 0 amide bonds. The highest BCUT2D eigenvalue weighted by Crippen LogP contribution is 2.43. The van der Waals surface area contributed by atoms with E-state index in [4.69, 9.17) is 9.41 Å². The van der Waals surface area contributed by atoms with Gasteiger partial charge in [0, 0.05) is 53.0 Å². The van der Waals surface area contributed by atoms with E-state index in [1.165, 1.54) is 58.8 Å². The number of amidine groups is 1. The number of fused-ring (bicyclic) bond motifs is 9. The Morgan fingerprint density at radius 3 is 2.05 bits per heavy atom. The highest BCUT2D eigenvalue weighted by Gasteiger charge is 2.26. The SMILES string of the molecule is c1ccc(C2=NC(c3ccc4c(c3)oc3ccc(-c5cccc6c5sc5ccc(-n7c8ccccc8c8ccccc87)cc56)cc34)NC(c3ccccc3)N2)cc1. The Labute approximate surface area is 332 Å². The number of furan rings is 1. The van der Waals surface area contributed by atoms with Crippen LogP contribution in [0.1, 0.15) is 29.0 Å². The molecule has 3 aromatic heterocycles. The number of nitrogens with one attached hydrogen (secondary N) is 2. The summed E-state index contributed by atoms with van der Waals surface area (Å²) in [4.78, 5) is 5.16. The van der Waals surface area contributed by atoms with E-state index in [1.54, 1.807) is 0 Å². The molecule has 1 aliphatic rings. The second kappa shape index (κ2) is 12.8. The summed E-state index contributed by atoms with van der Waals surface area (Å²) in [5.74, 6) is 0.862. The summed E-state index contributed by atoms with van der Waals surface area (Å²) < 4.78 is 11.5. The van der Waals surface area contributed by atoms with Crippen molar-refractivity contribution in [1.82, 2.24) is 15.2 Å². The third kappa shape index (κ3) is 5.22. The first-order valence-corrected chi connectivity index (χ1v) is 20.2. The molecule has 4 heterocycles. The van der Waals surface area contributed by atoms with E-state index in [2.05, 4.69) is 173 Å². The Kier molecular flexibility index (Phi) is 7.24. The highest BCUT2D eigenvalue weighted by molar-refractivity contribution is 7.26. The molecule has 0 aliphatic carbocycles.